The molecule has 1 aliphatic heterocycles. The highest BCUT2D eigenvalue weighted by molar-refractivity contribution is 7.13. The molecule has 0 atom stereocenters. The monoisotopic (exact) mass is 375 g/mol. The van der Waals surface area contributed by atoms with Crippen LogP contribution in [-0.2, 0) is 6.54 Å². The summed E-state index contributed by atoms with van der Waals surface area (Å²) in [5.74, 6) is 0. The average molecular weight is 376 g/mol. The zero-order valence-electron chi connectivity index (χ0n) is 14.7. The standard InChI is InChI=1S/C20H26ClN3S/c21-17-6-4-5-16(13-17)20-22-18(15-25-20)14-23-9-11-24(12-10-23)19-7-2-1-3-8-19/h4-6,13,15,19H,1-3,7-12,14H2. The smallest absolute Gasteiger partial charge is 0.123 e. The van der Waals surface area contributed by atoms with Crippen molar-refractivity contribution in [3.05, 3.63) is 40.4 Å². The van der Waals surface area contributed by atoms with Crippen molar-refractivity contribution in [3.63, 3.8) is 0 Å². The highest BCUT2D eigenvalue weighted by atomic mass is 35.5. The predicted molar refractivity (Wildman–Crippen MR) is 106 cm³/mol. The molecule has 0 spiro atoms. The molecular formula is C20H26ClN3S. The van der Waals surface area contributed by atoms with Gasteiger partial charge in [0.05, 0.1) is 5.69 Å². The van der Waals surface area contributed by atoms with Crippen molar-refractivity contribution in [1.29, 1.82) is 0 Å². The summed E-state index contributed by atoms with van der Waals surface area (Å²) in [5.41, 5.74) is 2.30. The number of rotatable bonds is 4. The van der Waals surface area contributed by atoms with Crippen molar-refractivity contribution < 1.29 is 0 Å². The van der Waals surface area contributed by atoms with Crippen LogP contribution < -0.4 is 0 Å². The van der Waals surface area contributed by atoms with Gasteiger partial charge in [-0.05, 0) is 25.0 Å². The summed E-state index contributed by atoms with van der Waals surface area (Å²) in [5, 5.41) is 4.04. The Morgan fingerprint density at radius 2 is 1.88 bits per heavy atom. The zero-order valence-corrected chi connectivity index (χ0v) is 16.2. The van der Waals surface area contributed by atoms with Crippen LogP contribution >= 0.6 is 22.9 Å². The van der Waals surface area contributed by atoms with E-state index in [4.69, 9.17) is 16.6 Å². The number of thiazole rings is 1. The molecule has 5 heteroatoms. The fourth-order valence-electron chi connectivity index (χ4n) is 4.10. The fourth-order valence-corrected chi connectivity index (χ4v) is 5.09. The van der Waals surface area contributed by atoms with Gasteiger partial charge in [-0.2, -0.15) is 0 Å². The molecule has 0 unspecified atom stereocenters. The summed E-state index contributed by atoms with van der Waals surface area (Å²) < 4.78 is 0. The van der Waals surface area contributed by atoms with E-state index in [1.807, 2.05) is 18.2 Å². The van der Waals surface area contributed by atoms with E-state index >= 15 is 0 Å². The van der Waals surface area contributed by atoms with E-state index in [2.05, 4.69) is 21.2 Å². The van der Waals surface area contributed by atoms with Crippen LogP contribution in [0.1, 0.15) is 37.8 Å². The molecule has 0 N–H and O–H groups in total. The van der Waals surface area contributed by atoms with Crippen LogP contribution in [0.5, 0.6) is 0 Å². The molecule has 4 rings (SSSR count). The zero-order chi connectivity index (χ0) is 17.1. The van der Waals surface area contributed by atoms with Gasteiger partial charge < -0.3 is 0 Å². The number of halogens is 1. The summed E-state index contributed by atoms with van der Waals surface area (Å²) in [4.78, 5) is 10.1. The molecule has 0 radical (unpaired) electrons. The average Bonchev–Trinajstić information content (AvgIpc) is 3.12. The Labute approximate surface area is 159 Å². The Balaban J connectivity index is 1.31. The van der Waals surface area contributed by atoms with Gasteiger partial charge in [-0.25, -0.2) is 4.98 Å². The van der Waals surface area contributed by atoms with Crippen LogP contribution in [0, 0.1) is 0 Å². The third-order valence-corrected chi connectivity index (χ3v) is 6.68. The van der Waals surface area contributed by atoms with E-state index in [9.17, 15) is 0 Å². The SMILES string of the molecule is Clc1cccc(-c2nc(CN3CCN(C4CCCCC4)CC3)cs2)c1. The number of hydrogen-bond acceptors (Lipinski definition) is 4. The van der Waals surface area contributed by atoms with Crippen molar-refractivity contribution in [2.24, 2.45) is 0 Å². The van der Waals surface area contributed by atoms with E-state index in [-0.39, 0.29) is 0 Å². The number of hydrogen-bond donors (Lipinski definition) is 0. The van der Waals surface area contributed by atoms with Crippen molar-refractivity contribution in [1.82, 2.24) is 14.8 Å². The molecule has 2 aromatic rings. The fraction of sp³-hybridized carbons (Fsp3) is 0.550. The van der Waals surface area contributed by atoms with Crippen LogP contribution in [-0.4, -0.2) is 47.0 Å². The summed E-state index contributed by atoms with van der Waals surface area (Å²) in [6.45, 7) is 5.74. The minimum absolute atomic E-state index is 0.771. The summed E-state index contributed by atoms with van der Waals surface area (Å²) >= 11 is 7.82. The molecule has 1 saturated carbocycles. The van der Waals surface area contributed by atoms with Gasteiger partial charge in [0.15, 0.2) is 0 Å². The van der Waals surface area contributed by atoms with Gasteiger partial charge in [-0.3, -0.25) is 9.80 Å². The quantitative estimate of drug-likeness (QED) is 0.756. The second-order valence-corrected chi connectivity index (χ2v) is 8.55. The maximum Gasteiger partial charge on any atom is 0.123 e. The minimum atomic E-state index is 0.771. The lowest BCUT2D eigenvalue weighted by Crippen LogP contribution is -2.50. The lowest BCUT2D eigenvalue weighted by atomic mass is 9.94. The van der Waals surface area contributed by atoms with Gasteiger partial charge in [0.1, 0.15) is 5.01 Å². The van der Waals surface area contributed by atoms with Gasteiger partial charge in [0.25, 0.3) is 0 Å². The van der Waals surface area contributed by atoms with Crippen LogP contribution in [0.2, 0.25) is 5.02 Å². The first-order valence-corrected chi connectivity index (χ1v) is 10.7. The first kappa shape index (κ1) is 17.5. The summed E-state index contributed by atoms with van der Waals surface area (Å²) in [7, 11) is 0. The topological polar surface area (TPSA) is 19.4 Å². The maximum absolute atomic E-state index is 6.10. The molecule has 1 aliphatic carbocycles. The van der Waals surface area contributed by atoms with E-state index < -0.39 is 0 Å². The normalized spacial score (nSPS) is 20.8. The molecule has 25 heavy (non-hydrogen) atoms. The second-order valence-electron chi connectivity index (χ2n) is 7.26. The molecule has 0 amide bonds. The maximum atomic E-state index is 6.10. The van der Waals surface area contributed by atoms with Gasteiger partial charge >= 0.3 is 0 Å². The van der Waals surface area contributed by atoms with Crippen LogP contribution in [0.15, 0.2) is 29.6 Å². The van der Waals surface area contributed by atoms with Gasteiger partial charge in [0, 0.05) is 54.7 Å². The minimum Gasteiger partial charge on any atom is -0.298 e. The lowest BCUT2D eigenvalue weighted by molar-refractivity contribution is 0.0750. The van der Waals surface area contributed by atoms with Gasteiger partial charge in [-0.1, -0.05) is 43.0 Å². The van der Waals surface area contributed by atoms with Crippen LogP contribution in [0.25, 0.3) is 10.6 Å². The first-order chi connectivity index (χ1) is 12.3. The van der Waals surface area contributed by atoms with Gasteiger partial charge in [-0.15, -0.1) is 11.3 Å². The molecular weight excluding hydrogens is 350 g/mol. The summed E-state index contributed by atoms with van der Waals surface area (Å²) in [6.07, 6.45) is 7.12. The van der Waals surface area contributed by atoms with Crippen molar-refractivity contribution in [2.75, 3.05) is 26.2 Å². The molecule has 1 aromatic carbocycles. The second kappa shape index (κ2) is 8.17. The first-order valence-electron chi connectivity index (χ1n) is 9.45. The Hall–Kier alpha value is -0.940. The molecule has 134 valence electrons. The third kappa shape index (κ3) is 4.43. The van der Waals surface area contributed by atoms with E-state index in [1.54, 1.807) is 11.3 Å². The number of aromatic nitrogens is 1. The molecule has 1 aromatic heterocycles. The number of benzene rings is 1. The third-order valence-electron chi connectivity index (χ3n) is 5.51. The van der Waals surface area contributed by atoms with Crippen LogP contribution in [0.3, 0.4) is 0 Å². The Morgan fingerprint density at radius 1 is 1.08 bits per heavy atom. The van der Waals surface area contributed by atoms with Crippen LogP contribution in [0.4, 0.5) is 0 Å². The molecule has 2 aliphatic rings. The van der Waals surface area contributed by atoms with E-state index in [0.29, 0.717) is 0 Å². The molecule has 2 heterocycles. The van der Waals surface area contributed by atoms with E-state index in [0.717, 1.165) is 28.2 Å². The Morgan fingerprint density at radius 3 is 2.64 bits per heavy atom. The highest BCUT2D eigenvalue weighted by Crippen LogP contribution is 2.27. The highest BCUT2D eigenvalue weighted by Gasteiger charge is 2.25. The molecule has 1 saturated heterocycles. The lowest BCUT2D eigenvalue weighted by Gasteiger charge is -2.40. The molecule has 2 fully saturated rings. The largest absolute Gasteiger partial charge is 0.298 e. The Kier molecular flexibility index (Phi) is 5.71. The number of nitrogens with zero attached hydrogens (tertiary/aromatic N) is 3. The van der Waals surface area contributed by atoms with Crippen molar-refractivity contribution in [3.8, 4) is 10.6 Å². The van der Waals surface area contributed by atoms with E-state index in [1.165, 1.54) is 64.0 Å². The van der Waals surface area contributed by atoms with Gasteiger partial charge in [0.2, 0.25) is 0 Å². The summed E-state index contributed by atoms with van der Waals surface area (Å²) in [6, 6.07) is 8.82. The Bertz CT molecular complexity index is 688. The van der Waals surface area contributed by atoms with Crippen molar-refractivity contribution in [2.45, 2.75) is 44.7 Å². The molecule has 0 bridgehead atoms. The molecule has 3 nitrogen and oxygen atoms in total. The number of piperazine rings is 1. The van der Waals surface area contributed by atoms with Crippen molar-refractivity contribution >= 4 is 22.9 Å². The predicted octanol–water partition coefficient (Wildman–Crippen LogP) is 4.91.